The highest BCUT2D eigenvalue weighted by Crippen LogP contribution is 2.33. The zero-order chi connectivity index (χ0) is 22.6. The number of anilines is 1. The van der Waals surface area contributed by atoms with Crippen LogP contribution in [-0.4, -0.2) is 39.5 Å². The monoisotopic (exact) mass is 430 g/mol. The molecule has 2 N–H and O–H groups in total. The molecule has 3 aromatic heterocycles. The summed E-state index contributed by atoms with van der Waals surface area (Å²) in [5.41, 5.74) is 9.34. The van der Waals surface area contributed by atoms with Gasteiger partial charge in [-0.2, -0.15) is 19.8 Å². The second-order valence-corrected chi connectivity index (χ2v) is 7.49. The van der Waals surface area contributed by atoms with Crippen LogP contribution >= 0.6 is 0 Å². The summed E-state index contributed by atoms with van der Waals surface area (Å²) < 4.78 is 8.90. The maximum absolute atomic E-state index is 12.7. The molecule has 1 aliphatic heterocycles. The maximum atomic E-state index is 12.7. The minimum Gasteiger partial charge on any atom is -0.467 e. The summed E-state index contributed by atoms with van der Waals surface area (Å²) in [7, 11) is 1.65. The molecule has 12 heteroatoms. The highest BCUT2D eigenvalue weighted by molar-refractivity contribution is 5.69. The van der Waals surface area contributed by atoms with E-state index in [1.807, 2.05) is 32.0 Å². The van der Waals surface area contributed by atoms with Crippen molar-refractivity contribution in [3.05, 3.63) is 57.4 Å². The third kappa shape index (κ3) is 2.90. The van der Waals surface area contributed by atoms with Gasteiger partial charge in [0, 0.05) is 12.6 Å². The number of hydrogen-bond acceptors (Lipinski definition) is 9. The fourth-order valence-electron chi connectivity index (χ4n) is 3.83. The number of fused-ring (bicyclic) bond motifs is 7. The quantitative estimate of drug-likeness (QED) is 0.428. The lowest BCUT2D eigenvalue weighted by Gasteiger charge is -2.21. The molecule has 0 radical (unpaired) electrons. The van der Waals surface area contributed by atoms with E-state index < -0.39 is 11.8 Å². The molecule has 160 valence electrons. The van der Waals surface area contributed by atoms with Gasteiger partial charge in [0.25, 0.3) is 5.88 Å². The molecule has 1 aromatic carbocycles. The van der Waals surface area contributed by atoms with Crippen molar-refractivity contribution in [1.29, 1.82) is 5.26 Å². The van der Waals surface area contributed by atoms with Crippen molar-refractivity contribution in [3.63, 3.8) is 0 Å². The van der Waals surface area contributed by atoms with E-state index in [0.29, 0.717) is 22.6 Å². The van der Waals surface area contributed by atoms with Gasteiger partial charge in [-0.15, -0.1) is 0 Å². The Balaban J connectivity index is 1.86. The standard InChI is InChI=1S/C20H18N10O2/c1-10-4-5-15-12(6-10)11(2)32-19-18(22)23-8-13(24-19)17-14(26-28(3)16(17)7-21)9-29-27-25-20(31)30(15)29/h4-6,8,11H,9H2,1-3H3,(H2,22,23)/t11-/m1/s1. The van der Waals surface area contributed by atoms with Crippen molar-refractivity contribution >= 4 is 5.82 Å². The predicted octanol–water partition coefficient (Wildman–Crippen LogP) is 0.883. The molecule has 1 atom stereocenters. The Morgan fingerprint density at radius 1 is 1.34 bits per heavy atom. The molecule has 4 heterocycles. The molecule has 0 saturated heterocycles. The summed E-state index contributed by atoms with van der Waals surface area (Å²) in [5, 5.41) is 22.0. The SMILES string of the molecule is Cc1ccc2c(c1)[C@@H](C)Oc1nc(cnc1N)-c1c(nn(C)c1C#N)Cn1nnc(=O)n1-2. The summed E-state index contributed by atoms with van der Waals surface area (Å²) in [5.74, 6) is 0.236. The van der Waals surface area contributed by atoms with Gasteiger partial charge in [-0.3, -0.25) is 4.68 Å². The van der Waals surface area contributed by atoms with Crippen LogP contribution < -0.4 is 16.2 Å². The van der Waals surface area contributed by atoms with Crippen LogP contribution in [0.3, 0.4) is 0 Å². The zero-order valence-corrected chi connectivity index (χ0v) is 17.5. The van der Waals surface area contributed by atoms with Crippen LogP contribution in [-0.2, 0) is 13.6 Å². The van der Waals surface area contributed by atoms with Gasteiger partial charge in [-0.25, -0.2) is 14.8 Å². The van der Waals surface area contributed by atoms with Gasteiger partial charge in [-0.05, 0) is 25.1 Å². The fourth-order valence-corrected chi connectivity index (χ4v) is 3.83. The number of hydrogen-bond donors (Lipinski definition) is 1. The smallest absolute Gasteiger partial charge is 0.388 e. The van der Waals surface area contributed by atoms with Crippen molar-refractivity contribution in [2.24, 2.45) is 7.05 Å². The molecule has 4 aromatic rings. The van der Waals surface area contributed by atoms with Crippen molar-refractivity contribution in [1.82, 2.24) is 39.5 Å². The van der Waals surface area contributed by atoms with E-state index in [0.717, 1.165) is 11.1 Å². The summed E-state index contributed by atoms with van der Waals surface area (Å²) in [6.45, 7) is 3.84. The second kappa shape index (κ2) is 7.02. The maximum Gasteiger partial charge on any atom is 0.388 e. The number of ether oxygens (including phenoxy) is 1. The van der Waals surface area contributed by atoms with E-state index in [-0.39, 0.29) is 23.9 Å². The second-order valence-electron chi connectivity index (χ2n) is 7.49. The number of nitrogens with two attached hydrogens (primary N) is 1. The average molecular weight is 430 g/mol. The molecule has 0 fully saturated rings. The molecular weight excluding hydrogens is 412 g/mol. The molecular formula is C20H18N10O2. The van der Waals surface area contributed by atoms with Crippen molar-refractivity contribution in [2.45, 2.75) is 26.5 Å². The van der Waals surface area contributed by atoms with Crippen LogP contribution in [0, 0.1) is 18.3 Å². The largest absolute Gasteiger partial charge is 0.467 e. The lowest BCUT2D eigenvalue weighted by molar-refractivity contribution is 0.217. The van der Waals surface area contributed by atoms with E-state index in [4.69, 9.17) is 10.5 Å². The third-order valence-corrected chi connectivity index (χ3v) is 5.32. The average Bonchev–Trinajstić information content (AvgIpc) is 3.27. The summed E-state index contributed by atoms with van der Waals surface area (Å²) in [6, 6.07) is 7.76. The highest BCUT2D eigenvalue weighted by atomic mass is 16.5. The van der Waals surface area contributed by atoms with Crippen LogP contribution in [0.4, 0.5) is 5.82 Å². The number of nitrogen functional groups attached to an aromatic ring is 1. The molecule has 5 rings (SSSR count). The number of tetrazole rings is 1. The number of rotatable bonds is 0. The molecule has 0 saturated carbocycles. The Hall–Kier alpha value is -4.53. The first kappa shape index (κ1) is 19.4. The molecule has 32 heavy (non-hydrogen) atoms. The zero-order valence-electron chi connectivity index (χ0n) is 17.5. The predicted molar refractivity (Wildman–Crippen MR) is 112 cm³/mol. The third-order valence-electron chi connectivity index (χ3n) is 5.32. The molecule has 12 nitrogen and oxygen atoms in total. The van der Waals surface area contributed by atoms with Gasteiger partial charge in [0.1, 0.15) is 24.4 Å². The fraction of sp³-hybridized carbons (Fsp3) is 0.250. The van der Waals surface area contributed by atoms with Crippen molar-refractivity contribution in [2.75, 3.05) is 5.73 Å². The van der Waals surface area contributed by atoms with E-state index in [1.165, 1.54) is 20.4 Å². The van der Waals surface area contributed by atoms with Gasteiger partial charge in [0.2, 0.25) is 0 Å². The molecule has 0 unspecified atom stereocenters. The normalized spacial score (nSPS) is 14.8. The van der Waals surface area contributed by atoms with Gasteiger partial charge >= 0.3 is 5.69 Å². The Morgan fingerprint density at radius 2 is 2.16 bits per heavy atom. The molecule has 0 amide bonds. The summed E-state index contributed by atoms with van der Waals surface area (Å²) >= 11 is 0. The van der Waals surface area contributed by atoms with Crippen LogP contribution in [0.2, 0.25) is 0 Å². The molecule has 0 spiro atoms. The summed E-state index contributed by atoms with van der Waals surface area (Å²) in [4.78, 5) is 22.9. The van der Waals surface area contributed by atoms with E-state index in [1.54, 1.807) is 7.05 Å². The summed E-state index contributed by atoms with van der Waals surface area (Å²) in [6.07, 6.45) is 0.933. The van der Waals surface area contributed by atoms with Crippen molar-refractivity contribution in [3.8, 4) is 28.9 Å². The van der Waals surface area contributed by atoms with Crippen LogP contribution in [0.5, 0.6) is 5.88 Å². The van der Waals surface area contributed by atoms with Gasteiger partial charge in [0.15, 0.2) is 5.82 Å². The van der Waals surface area contributed by atoms with Crippen LogP contribution in [0.15, 0.2) is 29.2 Å². The minimum atomic E-state index is -0.546. The number of nitrogens with zero attached hydrogens (tertiary/aromatic N) is 9. The number of benzene rings is 1. The first-order chi connectivity index (χ1) is 15.4. The Bertz CT molecular complexity index is 1470. The Morgan fingerprint density at radius 3 is 2.94 bits per heavy atom. The Labute approximate surface area is 181 Å². The Kier molecular flexibility index (Phi) is 4.26. The van der Waals surface area contributed by atoms with Crippen molar-refractivity contribution < 1.29 is 4.74 Å². The molecule has 1 aliphatic rings. The highest BCUT2D eigenvalue weighted by Gasteiger charge is 2.26. The molecule has 0 aliphatic carbocycles. The van der Waals surface area contributed by atoms with Gasteiger partial charge < -0.3 is 10.5 Å². The lowest BCUT2D eigenvalue weighted by atomic mass is 10.0. The minimum absolute atomic E-state index is 0.0735. The van der Waals surface area contributed by atoms with Crippen LogP contribution in [0.25, 0.3) is 16.9 Å². The van der Waals surface area contributed by atoms with Gasteiger partial charge in [0.05, 0.1) is 28.8 Å². The topological polar surface area (TPSA) is 155 Å². The van der Waals surface area contributed by atoms with E-state index in [9.17, 15) is 10.1 Å². The first-order valence-electron chi connectivity index (χ1n) is 9.76. The lowest BCUT2D eigenvalue weighted by Crippen LogP contribution is -2.25. The van der Waals surface area contributed by atoms with Gasteiger partial charge in [-0.1, -0.05) is 22.8 Å². The van der Waals surface area contributed by atoms with Crippen LogP contribution in [0.1, 0.15) is 35.5 Å². The number of nitriles is 1. The van der Waals surface area contributed by atoms with E-state index >= 15 is 0 Å². The first-order valence-corrected chi connectivity index (χ1v) is 9.76. The number of aryl methyl sites for hydroxylation is 2. The van der Waals surface area contributed by atoms with E-state index in [2.05, 4.69) is 31.4 Å². The molecule has 2 bridgehead atoms. The number of aromatic nitrogens is 8.